The Morgan fingerprint density at radius 2 is 1.91 bits per heavy atom. The predicted octanol–water partition coefficient (Wildman–Crippen LogP) is 4.03. The van der Waals surface area contributed by atoms with Gasteiger partial charge in [0.2, 0.25) is 21.9 Å². The molecular formula is C22H21F3N6O3S. The van der Waals surface area contributed by atoms with Crippen LogP contribution in [0.15, 0.2) is 42.6 Å². The Bertz CT molecular complexity index is 1410. The first-order valence-corrected chi connectivity index (χ1v) is 12.2. The molecule has 0 unspecified atom stereocenters. The predicted molar refractivity (Wildman–Crippen MR) is 126 cm³/mol. The van der Waals surface area contributed by atoms with Gasteiger partial charge >= 0.3 is 6.18 Å². The summed E-state index contributed by atoms with van der Waals surface area (Å²) in [5, 5.41) is 8.21. The molecule has 1 aromatic heterocycles. The fraction of sp³-hybridized carbons (Fsp3) is 0.227. The number of sulfonamides is 1. The zero-order valence-electron chi connectivity index (χ0n) is 18.6. The van der Waals surface area contributed by atoms with Gasteiger partial charge in [0.05, 0.1) is 29.7 Å². The summed E-state index contributed by atoms with van der Waals surface area (Å²) in [7, 11) is -3.60. The summed E-state index contributed by atoms with van der Waals surface area (Å²) in [4.78, 5) is 19.5. The second-order valence-corrected chi connectivity index (χ2v) is 9.78. The monoisotopic (exact) mass is 506 g/mol. The summed E-state index contributed by atoms with van der Waals surface area (Å²) in [6, 6.07) is 10.0. The summed E-state index contributed by atoms with van der Waals surface area (Å²) in [5.74, 6) is -0.799. The smallest absolute Gasteiger partial charge is 0.365 e. The van der Waals surface area contributed by atoms with Crippen molar-refractivity contribution < 1.29 is 26.4 Å². The van der Waals surface area contributed by atoms with E-state index in [0.29, 0.717) is 23.1 Å². The first-order valence-electron chi connectivity index (χ1n) is 10.3. The Kier molecular flexibility index (Phi) is 6.28. The number of rotatable bonds is 7. The number of benzene rings is 2. The van der Waals surface area contributed by atoms with Crippen LogP contribution in [0.4, 0.5) is 42.0 Å². The molecule has 0 saturated heterocycles. The van der Waals surface area contributed by atoms with Gasteiger partial charge in [-0.05, 0) is 35.7 Å². The zero-order valence-corrected chi connectivity index (χ0v) is 19.4. The molecule has 13 heteroatoms. The number of nitrogens with one attached hydrogen (secondary N) is 4. The van der Waals surface area contributed by atoms with E-state index in [1.165, 1.54) is 0 Å². The molecule has 3 aromatic rings. The number of halogens is 3. The van der Waals surface area contributed by atoms with E-state index in [0.717, 1.165) is 17.4 Å². The number of nitrogens with zero attached hydrogens (tertiary/aromatic N) is 2. The molecule has 2 aromatic carbocycles. The Balaban J connectivity index is 1.64. The number of anilines is 5. The Morgan fingerprint density at radius 3 is 2.63 bits per heavy atom. The van der Waals surface area contributed by atoms with Crippen LogP contribution < -0.4 is 20.7 Å². The average molecular weight is 507 g/mol. The van der Waals surface area contributed by atoms with Crippen LogP contribution in [0.1, 0.15) is 22.3 Å². The number of carbonyl (C=O) groups excluding carboxylic acids is 1. The lowest BCUT2D eigenvalue weighted by Gasteiger charge is -2.17. The molecular weight excluding hydrogens is 485 g/mol. The number of fused-ring (bicyclic) bond motifs is 1. The van der Waals surface area contributed by atoms with E-state index in [4.69, 9.17) is 0 Å². The molecule has 184 valence electrons. The molecule has 2 heterocycles. The number of hydrogen-bond donors (Lipinski definition) is 4. The second kappa shape index (κ2) is 9.06. The third-order valence-electron chi connectivity index (χ3n) is 5.11. The Hall–Kier alpha value is -3.87. The normalized spacial score (nSPS) is 13.2. The van der Waals surface area contributed by atoms with Crippen LogP contribution in [-0.2, 0) is 34.0 Å². The topological polar surface area (TPSA) is 125 Å². The number of amides is 1. The van der Waals surface area contributed by atoms with Gasteiger partial charge in [-0.2, -0.15) is 18.2 Å². The van der Waals surface area contributed by atoms with Crippen LogP contribution in [0.2, 0.25) is 0 Å². The molecule has 0 aliphatic carbocycles. The third-order valence-corrected chi connectivity index (χ3v) is 5.70. The van der Waals surface area contributed by atoms with Crippen molar-refractivity contribution in [2.75, 3.05) is 26.9 Å². The van der Waals surface area contributed by atoms with E-state index < -0.39 is 27.6 Å². The molecule has 0 saturated carbocycles. The SMILES string of the molecule is Cc1ccc(CNc2nc(Nc3cccc4c3NC(=O)C4)ncc2C(F)(F)F)c(NS(C)(=O)=O)c1. The standard InChI is InChI=1S/C22H21F3N6O3S/c1-12-6-7-14(17(8-12)31-35(2,33)34)10-26-20-15(22(23,24)25)11-27-21(30-20)28-16-5-3-4-13-9-18(32)29-19(13)16/h3-8,11,31H,9-10H2,1-2H3,(H,29,32)(H2,26,27,28,30). The lowest BCUT2D eigenvalue weighted by Crippen LogP contribution is -2.16. The fourth-order valence-electron chi connectivity index (χ4n) is 3.58. The van der Waals surface area contributed by atoms with Crippen LogP contribution >= 0.6 is 0 Å². The molecule has 0 spiro atoms. The first-order chi connectivity index (χ1) is 16.4. The molecule has 0 bridgehead atoms. The Labute approximate surface area is 199 Å². The third kappa shape index (κ3) is 5.80. The molecule has 0 fully saturated rings. The minimum Gasteiger partial charge on any atom is -0.365 e. The van der Waals surface area contributed by atoms with Crippen LogP contribution in [0, 0.1) is 6.92 Å². The van der Waals surface area contributed by atoms with Gasteiger partial charge in [0, 0.05) is 12.7 Å². The molecule has 9 nitrogen and oxygen atoms in total. The zero-order chi connectivity index (χ0) is 25.4. The van der Waals surface area contributed by atoms with Gasteiger partial charge in [-0.15, -0.1) is 0 Å². The van der Waals surface area contributed by atoms with E-state index >= 15 is 0 Å². The van der Waals surface area contributed by atoms with Crippen molar-refractivity contribution in [3.05, 3.63) is 64.8 Å². The van der Waals surface area contributed by atoms with Gasteiger partial charge in [-0.25, -0.2) is 13.4 Å². The number of aromatic nitrogens is 2. The highest BCUT2D eigenvalue weighted by Crippen LogP contribution is 2.36. The van der Waals surface area contributed by atoms with E-state index in [1.54, 1.807) is 43.3 Å². The summed E-state index contributed by atoms with van der Waals surface area (Å²) in [6.07, 6.45) is -2.89. The largest absolute Gasteiger partial charge is 0.421 e. The molecule has 4 N–H and O–H groups in total. The van der Waals surface area contributed by atoms with Crippen LogP contribution in [0.3, 0.4) is 0 Å². The second-order valence-electron chi connectivity index (χ2n) is 8.03. The first kappa shape index (κ1) is 24.3. The van der Waals surface area contributed by atoms with Gasteiger partial charge in [0.1, 0.15) is 11.4 Å². The number of carbonyl (C=O) groups is 1. The number of hydrogen-bond acceptors (Lipinski definition) is 7. The minimum atomic E-state index is -4.73. The van der Waals surface area contributed by atoms with Gasteiger partial charge in [0.25, 0.3) is 0 Å². The van der Waals surface area contributed by atoms with E-state index in [9.17, 15) is 26.4 Å². The number of para-hydroxylation sites is 1. The van der Waals surface area contributed by atoms with E-state index in [-0.39, 0.29) is 30.5 Å². The summed E-state index contributed by atoms with van der Waals surface area (Å²) in [5.41, 5.74) is 2.06. The van der Waals surface area contributed by atoms with Crippen molar-refractivity contribution in [3.63, 3.8) is 0 Å². The van der Waals surface area contributed by atoms with Gasteiger partial charge < -0.3 is 16.0 Å². The highest BCUT2D eigenvalue weighted by Gasteiger charge is 2.35. The van der Waals surface area contributed by atoms with Crippen molar-refractivity contribution in [3.8, 4) is 0 Å². The van der Waals surface area contributed by atoms with Crippen molar-refractivity contribution in [2.45, 2.75) is 26.1 Å². The lowest BCUT2D eigenvalue weighted by molar-refractivity contribution is -0.137. The molecule has 1 amide bonds. The molecule has 35 heavy (non-hydrogen) atoms. The number of alkyl halides is 3. The quantitative estimate of drug-likeness (QED) is 0.381. The average Bonchev–Trinajstić information content (AvgIpc) is 3.12. The van der Waals surface area contributed by atoms with Crippen molar-refractivity contribution in [1.82, 2.24) is 9.97 Å². The molecule has 4 rings (SSSR count). The van der Waals surface area contributed by atoms with Gasteiger partial charge in [-0.3, -0.25) is 9.52 Å². The molecule has 0 radical (unpaired) electrons. The summed E-state index contributed by atoms with van der Waals surface area (Å²) in [6.45, 7) is 1.62. The van der Waals surface area contributed by atoms with Crippen LogP contribution in [0.5, 0.6) is 0 Å². The van der Waals surface area contributed by atoms with E-state index in [1.807, 2.05) is 0 Å². The molecule has 1 aliphatic rings. The summed E-state index contributed by atoms with van der Waals surface area (Å²) >= 11 is 0. The lowest BCUT2D eigenvalue weighted by atomic mass is 10.1. The minimum absolute atomic E-state index is 0.117. The highest BCUT2D eigenvalue weighted by molar-refractivity contribution is 7.92. The van der Waals surface area contributed by atoms with E-state index in [2.05, 4.69) is 30.6 Å². The van der Waals surface area contributed by atoms with Crippen molar-refractivity contribution in [1.29, 1.82) is 0 Å². The van der Waals surface area contributed by atoms with Gasteiger partial charge in [-0.1, -0.05) is 24.3 Å². The van der Waals surface area contributed by atoms with Crippen LogP contribution in [-0.4, -0.2) is 30.5 Å². The molecule has 1 aliphatic heterocycles. The maximum atomic E-state index is 13.6. The van der Waals surface area contributed by atoms with Crippen LogP contribution in [0.25, 0.3) is 0 Å². The van der Waals surface area contributed by atoms with Gasteiger partial charge in [0.15, 0.2) is 0 Å². The molecule has 0 atom stereocenters. The van der Waals surface area contributed by atoms with Crippen molar-refractivity contribution >= 4 is 44.8 Å². The summed E-state index contributed by atoms with van der Waals surface area (Å²) < 4.78 is 66.7. The fourth-order valence-corrected chi connectivity index (χ4v) is 4.17. The maximum absolute atomic E-state index is 13.6. The van der Waals surface area contributed by atoms with Crippen molar-refractivity contribution in [2.24, 2.45) is 0 Å². The maximum Gasteiger partial charge on any atom is 0.421 e. The Morgan fingerprint density at radius 1 is 1.14 bits per heavy atom. The highest BCUT2D eigenvalue weighted by atomic mass is 32.2. The number of aryl methyl sites for hydroxylation is 1.